The van der Waals surface area contributed by atoms with E-state index in [1.165, 1.54) is 0 Å². The largest absolute Gasteiger partial charge is 0.382 e. The highest BCUT2D eigenvalue weighted by Gasteiger charge is 2.17. The fourth-order valence-electron chi connectivity index (χ4n) is 1.74. The van der Waals surface area contributed by atoms with Crippen LogP contribution in [0, 0.1) is 0 Å². The third kappa shape index (κ3) is 6.87. The van der Waals surface area contributed by atoms with Gasteiger partial charge in [-0.2, -0.15) is 0 Å². The van der Waals surface area contributed by atoms with Gasteiger partial charge in [0.15, 0.2) is 0 Å². The molecule has 0 atom stereocenters. The Kier molecular flexibility index (Phi) is 7.61. The molecule has 0 radical (unpaired) electrons. The Morgan fingerprint density at radius 1 is 1.14 bits per heavy atom. The molecule has 0 amide bonds. The second kappa shape index (κ2) is 8.95. The molecule has 0 unspecified atom stereocenters. The summed E-state index contributed by atoms with van der Waals surface area (Å²) < 4.78 is 10.5. The lowest BCUT2D eigenvalue weighted by molar-refractivity contribution is 0.0716. The van der Waals surface area contributed by atoms with Crippen LogP contribution in [0.4, 0.5) is 5.82 Å². The molecular weight excluding hydrogens is 266 g/mol. The number of anilines is 1. The lowest BCUT2D eigenvalue weighted by atomic mass is 9.92. The first-order valence-corrected chi connectivity index (χ1v) is 7.66. The quantitative estimate of drug-likeness (QED) is 0.710. The van der Waals surface area contributed by atoms with Crippen molar-refractivity contribution in [2.45, 2.75) is 46.0 Å². The van der Waals surface area contributed by atoms with Gasteiger partial charge in [0.1, 0.15) is 11.6 Å². The molecule has 0 saturated carbocycles. The van der Waals surface area contributed by atoms with Crippen LogP contribution >= 0.6 is 0 Å². The van der Waals surface area contributed by atoms with Crippen LogP contribution in [-0.4, -0.2) is 43.4 Å². The van der Waals surface area contributed by atoms with Gasteiger partial charge in [0, 0.05) is 31.6 Å². The van der Waals surface area contributed by atoms with E-state index in [2.05, 4.69) is 43.0 Å². The Bertz CT molecular complexity index is 416. The Morgan fingerprint density at radius 3 is 2.52 bits per heavy atom. The van der Waals surface area contributed by atoms with Crippen LogP contribution in [0.25, 0.3) is 0 Å². The molecular formula is C16H29N3O2. The fraction of sp³-hybridized carbons (Fsp3) is 0.750. The van der Waals surface area contributed by atoms with E-state index in [9.17, 15) is 0 Å². The lowest BCUT2D eigenvalue weighted by Gasteiger charge is -2.19. The van der Waals surface area contributed by atoms with Gasteiger partial charge in [-0.05, 0) is 6.42 Å². The first-order valence-electron chi connectivity index (χ1n) is 7.66. The number of hydrogen-bond acceptors (Lipinski definition) is 5. The molecule has 120 valence electrons. The molecule has 0 spiro atoms. The van der Waals surface area contributed by atoms with Crippen molar-refractivity contribution in [3.8, 4) is 0 Å². The number of nitrogens with zero attached hydrogens (tertiary/aromatic N) is 2. The topological polar surface area (TPSA) is 56.3 Å². The van der Waals surface area contributed by atoms with Gasteiger partial charge in [-0.15, -0.1) is 0 Å². The molecule has 1 heterocycles. The van der Waals surface area contributed by atoms with E-state index in [-0.39, 0.29) is 5.41 Å². The predicted octanol–water partition coefficient (Wildman–Crippen LogP) is 2.80. The highest BCUT2D eigenvalue weighted by molar-refractivity contribution is 5.38. The van der Waals surface area contributed by atoms with Gasteiger partial charge < -0.3 is 14.8 Å². The maximum Gasteiger partial charge on any atom is 0.133 e. The first kappa shape index (κ1) is 17.9. The van der Waals surface area contributed by atoms with E-state index in [1.54, 1.807) is 7.11 Å². The fourth-order valence-corrected chi connectivity index (χ4v) is 1.74. The summed E-state index contributed by atoms with van der Waals surface area (Å²) in [5.74, 6) is 1.74. The second-order valence-corrected chi connectivity index (χ2v) is 6.09. The number of rotatable bonds is 9. The minimum absolute atomic E-state index is 0.0112. The molecule has 0 bridgehead atoms. The van der Waals surface area contributed by atoms with Crippen LogP contribution in [0.2, 0.25) is 0 Å². The molecule has 0 saturated heterocycles. The molecule has 0 aliphatic carbocycles. The standard InChI is InChI=1S/C16H29N3O2/c1-6-8-17-15-12-13(16(2,3)4)18-14(19-15)7-9-21-11-10-20-5/h12H,6-11H2,1-5H3,(H,17,18,19). The number of hydrogen-bond donors (Lipinski definition) is 1. The molecule has 0 aromatic carbocycles. The molecule has 5 heteroatoms. The van der Waals surface area contributed by atoms with Crippen molar-refractivity contribution in [3.63, 3.8) is 0 Å². The molecule has 0 aliphatic rings. The Morgan fingerprint density at radius 2 is 1.90 bits per heavy atom. The van der Waals surface area contributed by atoms with Crippen molar-refractivity contribution < 1.29 is 9.47 Å². The second-order valence-electron chi connectivity index (χ2n) is 6.09. The third-order valence-corrected chi connectivity index (χ3v) is 3.00. The van der Waals surface area contributed by atoms with Crippen molar-refractivity contribution in [1.29, 1.82) is 0 Å². The highest BCUT2D eigenvalue weighted by atomic mass is 16.5. The maximum atomic E-state index is 5.50. The summed E-state index contributed by atoms with van der Waals surface area (Å²) in [4.78, 5) is 9.24. The molecule has 0 fully saturated rings. The Hall–Kier alpha value is -1.20. The van der Waals surface area contributed by atoms with Gasteiger partial charge >= 0.3 is 0 Å². The van der Waals surface area contributed by atoms with E-state index in [0.717, 1.165) is 30.3 Å². The summed E-state index contributed by atoms with van der Waals surface area (Å²) in [6, 6.07) is 2.05. The summed E-state index contributed by atoms with van der Waals surface area (Å²) >= 11 is 0. The van der Waals surface area contributed by atoms with Crippen molar-refractivity contribution in [2.75, 3.05) is 38.8 Å². The van der Waals surface area contributed by atoms with Gasteiger partial charge in [-0.1, -0.05) is 27.7 Å². The third-order valence-electron chi connectivity index (χ3n) is 3.00. The van der Waals surface area contributed by atoms with Gasteiger partial charge in [0.25, 0.3) is 0 Å². The molecule has 21 heavy (non-hydrogen) atoms. The maximum absolute atomic E-state index is 5.50. The summed E-state index contributed by atoms with van der Waals surface area (Å²) in [7, 11) is 1.67. The van der Waals surface area contributed by atoms with Crippen LogP contribution in [0.5, 0.6) is 0 Å². The zero-order chi connectivity index (χ0) is 15.7. The number of aromatic nitrogens is 2. The van der Waals surface area contributed by atoms with Crippen LogP contribution in [0.15, 0.2) is 6.07 Å². The number of nitrogens with one attached hydrogen (secondary N) is 1. The SMILES string of the molecule is CCCNc1cc(C(C)(C)C)nc(CCOCCOC)n1. The van der Waals surface area contributed by atoms with Gasteiger partial charge in [-0.3, -0.25) is 0 Å². The van der Waals surface area contributed by atoms with E-state index < -0.39 is 0 Å². The van der Waals surface area contributed by atoms with Crippen LogP contribution in [-0.2, 0) is 21.3 Å². The van der Waals surface area contributed by atoms with Crippen molar-refractivity contribution in [2.24, 2.45) is 0 Å². The Balaban J connectivity index is 2.72. The minimum atomic E-state index is 0.0112. The van der Waals surface area contributed by atoms with Crippen LogP contribution in [0.1, 0.15) is 45.6 Å². The molecule has 1 rings (SSSR count). The van der Waals surface area contributed by atoms with E-state index in [0.29, 0.717) is 26.2 Å². The highest BCUT2D eigenvalue weighted by Crippen LogP contribution is 2.22. The molecule has 1 N–H and O–H groups in total. The smallest absolute Gasteiger partial charge is 0.133 e. The van der Waals surface area contributed by atoms with Crippen LogP contribution in [0.3, 0.4) is 0 Å². The average molecular weight is 295 g/mol. The van der Waals surface area contributed by atoms with Crippen molar-refractivity contribution >= 4 is 5.82 Å². The Labute approximate surface area is 128 Å². The van der Waals surface area contributed by atoms with E-state index in [1.807, 2.05) is 6.07 Å². The van der Waals surface area contributed by atoms with Crippen molar-refractivity contribution in [1.82, 2.24) is 9.97 Å². The monoisotopic (exact) mass is 295 g/mol. The normalized spacial score (nSPS) is 11.7. The summed E-state index contributed by atoms with van der Waals surface area (Å²) in [5, 5.41) is 3.35. The van der Waals surface area contributed by atoms with Crippen molar-refractivity contribution in [3.05, 3.63) is 17.6 Å². The van der Waals surface area contributed by atoms with Gasteiger partial charge in [0.2, 0.25) is 0 Å². The van der Waals surface area contributed by atoms with E-state index in [4.69, 9.17) is 9.47 Å². The van der Waals surface area contributed by atoms with Crippen LogP contribution < -0.4 is 5.32 Å². The average Bonchev–Trinajstić information content (AvgIpc) is 2.44. The first-order chi connectivity index (χ1) is 9.97. The van der Waals surface area contributed by atoms with Gasteiger partial charge in [0.05, 0.1) is 25.5 Å². The minimum Gasteiger partial charge on any atom is -0.382 e. The molecule has 5 nitrogen and oxygen atoms in total. The summed E-state index contributed by atoms with van der Waals surface area (Å²) in [6.07, 6.45) is 1.79. The summed E-state index contributed by atoms with van der Waals surface area (Å²) in [5.41, 5.74) is 1.07. The molecule has 1 aromatic rings. The lowest BCUT2D eigenvalue weighted by Crippen LogP contribution is -2.18. The number of methoxy groups -OCH3 is 1. The molecule has 1 aromatic heterocycles. The predicted molar refractivity (Wildman–Crippen MR) is 85.9 cm³/mol. The van der Waals surface area contributed by atoms with Gasteiger partial charge in [-0.25, -0.2) is 9.97 Å². The zero-order valence-electron chi connectivity index (χ0n) is 14.0. The van der Waals surface area contributed by atoms with E-state index >= 15 is 0 Å². The molecule has 0 aliphatic heterocycles. The number of ether oxygens (including phenoxy) is 2. The summed E-state index contributed by atoms with van der Waals surface area (Å²) in [6.45, 7) is 11.4. The zero-order valence-corrected chi connectivity index (χ0v) is 14.0.